The minimum atomic E-state index is -5.34. The van der Waals surface area contributed by atoms with Gasteiger partial charge in [0, 0.05) is 6.42 Å². The minimum absolute atomic E-state index is 0. The van der Waals surface area contributed by atoms with Crippen LogP contribution < -0.4 is 12.4 Å². The van der Waals surface area contributed by atoms with Crippen molar-refractivity contribution in [1.82, 2.24) is 0 Å². The van der Waals surface area contributed by atoms with E-state index in [0.29, 0.717) is 11.0 Å². The summed E-state index contributed by atoms with van der Waals surface area (Å²) in [5.74, 6) is 0. The molecule has 0 aliphatic rings. The summed E-state index contributed by atoms with van der Waals surface area (Å²) in [4.78, 5) is 36.2. The number of quaternary nitrogens is 1. The lowest BCUT2D eigenvalue weighted by Crippen LogP contribution is -3.00. The largest absolute Gasteiger partial charge is 1.00 e. The van der Waals surface area contributed by atoms with Crippen molar-refractivity contribution in [3.63, 3.8) is 0 Å². The molecule has 8 nitrogen and oxygen atoms in total. The van der Waals surface area contributed by atoms with Crippen molar-refractivity contribution >= 4 is 15.2 Å². The van der Waals surface area contributed by atoms with Gasteiger partial charge in [-0.3, -0.25) is 9.13 Å². The number of rotatable bonds is 9. The maximum atomic E-state index is 11.2. The molecule has 0 amide bonds. The van der Waals surface area contributed by atoms with Crippen LogP contribution in [0.2, 0.25) is 0 Å². The molecule has 0 aromatic heterocycles. The van der Waals surface area contributed by atoms with E-state index in [1.165, 1.54) is 0 Å². The lowest BCUT2D eigenvalue weighted by Gasteiger charge is -2.35. The topological polar surface area (TPSA) is 135 Å². The second-order valence-corrected chi connectivity index (χ2v) is 9.71. The molecule has 0 aromatic carbocycles. The van der Waals surface area contributed by atoms with Gasteiger partial charge >= 0.3 is 15.2 Å². The molecule has 21 heavy (non-hydrogen) atoms. The number of aliphatic hydroxyl groups is 1. The van der Waals surface area contributed by atoms with Crippen LogP contribution in [0.15, 0.2) is 0 Å². The molecular weight excluding hydrogens is 344 g/mol. The monoisotopic (exact) mass is 369 g/mol. The summed E-state index contributed by atoms with van der Waals surface area (Å²) in [6.07, 6.45) is 2.26. The smallest absolute Gasteiger partial charge is 0.369 e. The molecule has 0 fully saturated rings. The quantitative estimate of drug-likeness (QED) is 0.174. The Morgan fingerprint density at radius 3 is 1.71 bits per heavy atom. The van der Waals surface area contributed by atoms with Crippen LogP contribution in [0.5, 0.6) is 0 Å². The van der Waals surface area contributed by atoms with Gasteiger partial charge in [0.05, 0.1) is 27.2 Å². The van der Waals surface area contributed by atoms with Gasteiger partial charge in [-0.2, -0.15) is 0 Å². The molecule has 0 aliphatic heterocycles. The summed E-state index contributed by atoms with van der Waals surface area (Å²) in [6.45, 7) is 2.79. The van der Waals surface area contributed by atoms with E-state index in [-0.39, 0.29) is 19.0 Å². The first kappa shape index (κ1) is 23.8. The third kappa shape index (κ3) is 7.08. The number of nitrogens with zero attached hydrogens (tertiary/aromatic N) is 1. The van der Waals surface area contributed by atoms with Gasteiger partial charge in [-0.15, -0.1) is 0 Å². The van der Waals surface area contributed by atoms with Crippen molar-refractivity contribution in [1.29, 1.82) is 0 Å². The Hall–Kier alpha value is 0.510. The Morgan fingerprint density at radius 2 is 1.38 bits per heavy atom. The number of hydrogen-bond donors (Lipinski definition) is 5. The molecule has 0 atom stereocenters. The number of unbranched alkanes of at least 4 members (excludes halogenated alkanes) is 2. The highest BCUT2D eigenvalue weighted by Gasteiger charge is 2.59. The Kier molecular flexibility index (Phi) is 9.49. The Labute approximate surface area is 131 Å². The summed E-state index contributed by atoms with van der Waals surface area (Å²) in [6, 6.07) is 0. The molecule has 0 saturated heterocycles. The first-order valence-corrected chi connectivity index (χ1v) is 9.65. The van der Waals surface area contributed by atoms with Crippen molar-refractivity contribution < 1.29 is 50.7 Å². The Morgan fingerprint density at radius 1 is 0.952 bits per heavy atom. The molecule has 0 unspecified atom stereocenters. The van der Waals surface area contributed by atoms with E-state index >= 15 is 0 Å². The molecule has 0 bridgehead atoms. The zero-order valence-electron chi connectivity index (χ0n) is 12.5. The summed E-state index contributed by atoms with van der Waals surface area (Å²) < 4.78 is 22.8. The SMILES string of the molecule is CCCCC[N+](C)(C)CCC(O)(P(=O)(O)O)P(=O)(O)O.[Cl-]. The van der Waals surface area contributed by atoms with Crippen molar-refractivity contribution in [2.24, 2.45) is 0 Å². The minimum Gasteiger partial charge on any atom is -1.00 e. The summed E-state index contributed by atoms with van der Waals surface area (Å²) in [5, 5.41) is 6.48. The van der Waals surface area contributed by atoms with Gasteiger partial charge in [-0.1, -0.05) is 13.3 Å². The fourth-order valence-corrected chi connectivity index (χ4v) is 3.96. The maximum absolute atomic E-state index is 11.2. The molecule has 0 saturated carbocycles. The van der Waals surface area contributed by atoms with E-state index in [1.807, 2.05) is 6.92 Å². The number of halogens is 1. The summed E-state index contributed by atoms with van der Waals surface area (Å²) >= 11 is 0. The zero-order chi connectivity index (χ0) is 16.2. The fraction of sp³-hybridized carbons (Fsp3) is 1.00. The van der Waals surface area contributed by atoms with Crippen LogP contribution in [-0.4, -0.2) is 61.4 Å². The van der Waals surface area contributed by atoms with E-state index in [1.54, 1.807) is 14.1 Å². The van der Waals surface area contributed by atoms with Gasteiger partial charge in [-0.25, -0.2) is 0 Å². The van der Waals surface area contributed by atoms with Crippen molar-refractivity contribution in [3.8, 4) is 0 Å². The van der Waals surface area contributed by atoms with Crippen LogP contribution in [0.3, 0.4) is 0 Å². The van der Waals surface area contributed by atoms with Crippen LogP contribution in [0.1, 0.15) is 32.6 Å². The maximum Gasteiger partial charge on any atom is 0.369 e. The summed E-state index contributed by atoms with van der Waals surface area (Å²) in [7, 11) is -7.11. The highest BCUT2D eigenvalue weighted by Crippen LogP contribution is 2.68. The van der Waals surface area contributed by atoms with E-state index in [2.05, 4.69) is 0 Å². The van der Waals surface area contributed by atoms with Crippen molar-refractivity contribution in [2.75, 3.05) is 27.2 Å². The molecule has 5 N–H and O–H groups in total. The van der Waals surface area contributed by atoms with Gasteiger partial charge in [0.25, 0.3) is 5.08 Å². The van der Waals surface area contributed by atoms with Crippen molar-refractivity contribution in [3.05, 3.63) is 0 Å². The Balaban J connectivity index is 0. The van der Waals surface area contributed by atoms with Crippen LogP contribution in [-0.2, 0) is 9.13 Å². The van der Waals surface area contributed by atoms with Gasteiger partial charge in [0.1, 0.15) is 0 Å². The van der Waals surface area contributed by atoms with Gasteiger partial charge in [-0.05, 0) is 12.8 Å². The average Bonchev–Trinajstić information content (AvgIpc) is 2.23. The molecule has 0 heterocycles. The van der Waals surface area contributed by atoms with E-state index in [4.69, 9.17) is 19.6 Å². The molecule has 0 radical (unpaired) electrons. The fourth-order valence-electron chi connectivity index (χ4n) is 1.82. The van der Waals surface area contributed by atoms with Crippen LogP contribution in [0.4, 0.5) is 0 Å². The molecule has 0 aliphatic carbocycles. The first-order valence-electron chi connectivity index (χ1n) is 6.42. The van der Waals surface area contributed by atoms with Gasteiger partial charge < -0.3 is 41.6 Å². The molecule has 0 spiro atoms. The second kappa shape index (κ2) is 8.39. The second-order valence-electron chi connectivity index (χ2n) is 5.70. The standard InChI is InChI=1S/C10H25NO7P2.ClH/c1-4-5-6-8-11(2,3)9-7-10(12,19(13,14)15)20(16,17)18;/h12H,4-9H2,1-3H3,(H3-,13,14,15,16,17,18);1H. The third-order valence-corrected chi connectivity index (χ3v) is 7.23. The lowest BCUT2D eigenvalue weighted by molar-refractivity contribution is -0.891. The molecule has 0 aromatic rings. The van der Waals surface area contributed by atoms with Crippen molar-refractivity contribution in [2.45, 2.75) is 37.7 Å². The number of hydrogen-bond acceptors (Lipinski definition) is 3. The molecular formula is C10H26ClNO7P2. The lowest BCUT2D eigenvalue weighted by atomic mass is 10.2. The third-order valence-electron chi connectivity index (χ3n) is 3.35. The molecule has 0 rings (SSSR count). The normalized spacial score (nSPS) is 13.9. The van der Waals surface area contributed by atoms with Crippen LogP contribution in [0.25, 0.3) is 0 Å². The zero-order valence-corrected chi connectivity index (χ0v) is 15.1. The summed E-state index contributed by atoms with van der Waals surface area (Å²) in [5.41, 5.74) is 0. The van der Waals surface area contributed by atoms with Gasteiger partial charge in [0.2, 0.25) is 0 Å². The predicted molar refractivity (Wildman–Crippen MR) is 75.0 cm³/mol. The van der Waals surface area contributed by atoms with Crippen LogP contribution >= 0.6 is 15.2 Å². The van der Waals surface area contributed by atoms with E-state index < -0.39 is 26.7 Å². The Bertz CT molecular complexity index is 384. The predicted octanol–water partition coefficient (Wildman–Crippen LogP) is -2.35. The first-order chi connectivity index (χ1) is 8.77. The van der Waals surface area contributed by atoms with E-state index in [9.17, 15) is 14.2 Å². The highest BCUT2D eigenvalue weighted by molar-refractivity contribution is 7.72. The van der Waals surface area contributed by atoms with Crippen LogP contribution in [0, 0.1) is 0 Å². The van der Waals surface area contributed by atoms with Gasteiger partial charge in [0.15, 0.2) is 0 Å². The van der Waals surface area contributed by atoms with E-state index in [0.717, 1.165) is 19.3 Å². The molecule has 11 heteroatoms. The molecule has 130 valence electrons. The average molecular weight is 370 g/mol. The highest BCUT2D eigenvalue weighted by atomic mass is 35.5.